The van der Waals surface area contributed by atoms with Gasteiger partial charge in [-0.3, -0.25) is 0 Å². The SMILES string of the molecule is CCOc1cc(CN[C@H](C)c2ccccc2)cc(I)c1OC(C)C. The molecule has 0 saturated carbocycles. The Morgan fingerprint density at radius 2 is 1.79 bits per heavy atom. The van der Waals surface area contributed by atoms with Crippen molar-refractivity contribution in [3.05, 3.63) is 57.2 Å². The van der Waals surface area contributed by atoms with E-state index in [0.29, 0.717) is 12.6 Å². The maximum atomic E-state index is 5.93. The fourth-order valence-electron chi connectivity index (χ4n) is 2.47. The number of rotatable bonds is 8. The Balaban J connectivity index is 2.12. The lowest BCUT2D eigenvalue weighted by molar-refractivity contribution is 0.222. The minimum absolute atomic E-state index is 0.125. The Morgan fingerprint density at radius 1 is 1.08 bits per heavy atom. The predicted octanol–water partition coefficient (Wildman–Crippen LogP) is 5.33. The molecule has 0 fully saturated rings. The topological polar surface area (TPSA) is 30.5 Å². The van der Waals surface area contributed by atoms with Crippen LogP contribution in [0.2, 0.25) is 0 Å². The Labute approximate surface area is 158 Å². The molecule has 24 heavy (non-hydrogen) atoms. The van der Waals surface area contributed by atoms with Crippen LogP contribution in [0.3, 0.4) is 0 Å². The molecule has 0 saturated heterocycles. The molecule has 0 bridgehead atoms. The Bertz CT molecular complexity index is 644. The summed E-state index contributed by atoms with van der Waals surface area (Å²) in [5, 5.41) is 3.57. The molecule has 130 valence electrons. The zero-order valence-corrected chi connectivity index (χ0v) is 17.0. The summed E-state index contributed by atoms with van der Waals surface area (Å²) in [6, 6.07) is 15.0. The minimum atomic E-state index is 0.125. The second-order valence-corrected chi connectivity index (χ2v) is 7.18. The highest BCUT2D eigenvalue weighted by Crippen LogP contribution is 2.35. The fourth-order valence-corrected chi connectivity index (χ4v) is 3.26. The van der Waals surface area contributed by atoms with Crippen molar-refractivity contribution < 1.29 is 9.47 Å². The first kappa shape index (κ1) is 19.1. The maximum Gasteiger partial charge on any atom is 0.174 e. The zero-order valence-electron chi connectivity index (χ0n) is 14.8. The molecule has 0 aliphatic rings. The zero-order chi connectivity index (χ0) is 17.5. The average Bonchev–Trinajstić information content (AvgIpc) is 2.56. The highest BCUT2D eigenvalue weighted by atomic mass is 127. The summed E-state index contributed by atoms with van der Waals surface area (Å²) in [5.74, 6) is 1.66. The Morgan fingerprint density at radius 3 is 2.42 bits per heavy atom. The van der Waals surface area contributed by atoms with Gasteiger partial charge in [-0.05, 0) is 73.5 Å². The molecule has 2 aromatic carbocycles. The van der Waals surface area contributed by atoms with Crippen LogP contribution in [0.1, 0.15) is 44.9 Å². The molecular weight excluding hydrogens is 413 g/mol. The maximum absolute atomic E-state index is 5.93. The normalized spacial score (nSPS) is 12.2. The lowest BCUT2D eigenvalue weighted by Crippen LogP contribution is -2.18. The van der Waals surface area contributed by atoms with Crippen LogP contribution in [0, 0.1) is 3.57 Å². The molecular formula is C20H26INO2. The predicted molar refractivity (Wildman–Crippen MR) is 108 cm³/mol. The van der Waals surface area contributed by atoms with Crippen molar-refractivity contribution in [2.75, 3.05) is 6.61 Å². The first-order valence-corrected chi connectivity index (χ1v) is 9.49. The molecule has 0 aromatic heterocycles. The van der Waals surface area contributed by atoms with Gasteiger partial charge in [0, 0.05) is 12.6 Å². The fraction of sp³-hybridized carbons (Fsp3) is 0.400. The van der Waals surface area contributed by atoms with Gasteiger partial charge >= 0.3 is 0 Å². The van der Waals surface area contributed by atoms with Gasteiger partial charge in [-0.15, -0.1) is 0 Å². The summed E-state index contributed by atoms with van der Waals surface area (Å²) in [5.41, 5.74) is 2.48. The van der Waals surface area contributed by atoms with E-state index < -0.39 is 0 Å². The van der Waals surface area contributed by atoms with Crippen LogP contribution in [0.4, 0.5) is 0 Å². The molecule has 0 aliphatic heterocycles. The van der Waals surface area contributed by atoms with Gasteiger partial charge in [-0.1, -0.05) is 30.3 Å². The lowest BCUT2D eigenvalue weighted by Gasteiger charge is -2.19. The van der Waals surface area contributed by atoms with Crippen LogP contribution in [-0.4, -0.2) is 12.7 Å². The van der Waals surface area contributed by atoms with Gasteiger partial charge in [0.25, 0.3) is 0 Å². The summed E-state index contributed by atoms with van der Waals surface area (Å²) >= 11 is 2.32. The van der Waals surface area contributed by atoms with Gasteiger partial charge < -0.3 is 14.8 Å². The van der Waals surface area contributed by atoms with E-state index in [-0.39, 0.29) is 6.10 Å². The highest BCUT2D eigenvalue weighted by molar-refractivity contribution is 14.1. The van der Waals surface area contributed by atoms with E-state index in [1.807, 2.05) is 26.8 Å². The van der Waals surface area contributed by atoms with Crippen LogP contribution < -0.4 is 14.8 Å². The van der Waals surface area contributed by atoms with Crippen LogP contribution in [0.5, 0.6) is 11.5 Å². The van der Waals surface area contributed by atoms with E-state index in [1.165, 1.54) is 11.1 Å². The molecule has 0 amide bonds. The summed E-state index contributed by atoms with van der Waals surface area (Å²) in [4.78, 5) is 0. The van der Waals surface area contributed by atoms with Crippen LogP contribution >= 0.6 is 22.6 Å². The first-order chi connectivity index (χ1) is 11.5. The van der Waals surface area contributed by atoms with Gasteiger partial charge in [0.2, 0.25) is 0 Å². The third kappa shape index (κ3) is 5.38. The van der Waals surface area contributed by atoms with Gasteiger partial charge in [-0.2, -0.15) is 0 Å². The molecule has 4 heteroatoms. The smallest absolute Gasteiger partial charge is 0.174 e. The molecule has 0 unspecified atom stereocenters. The third-order valence-electron chi connectivity index (χ3n) is 3.63. The second kappa shape index (κ2) is 9.28. The highest BCUT2D eigenvalue weighted by Gasteiger charge is 2.14. The van der Waals surface area contributed by atoms with Gasteiger partial charge in [0.15, 0.2) is 11.5 Å². The van der Waals surface area contributed by atoms with E-state index in [4.69, 9.17) is 9.47 Å². The number of ether oxygens (including phenoxy) is 2. The van der Waals surface area contributed by atoms with Crippen molar-refractivity contribution in [2.24, 2.45) is 0 Å². The van der Waals surface area contributed by atoms with Crippen molar-refractivity contribution >= 4 is 22.6 Å². The monoisotopic (exact) mass is 439 g/mol. The van der Waals surface area contributed by atoms with Crippen molar-refractivity contribution in [1.29, 1.82) is 0 Å². The summed E-state index contributed by atoms with van der Waals surface area (Å²) in [7, 11) is 0. The molecule has 3 nitrogen and oxygen atoms in total. The first-order valence-electron chi connectivity index (χ1n) is 8.41. The standard InChI is InChI=1S/C20H26INO2/c1-5-23-19-12-16(11-18(21)20(19)24-14(2)3)13-22-15(4)17-9-7-6-8-10-17/h6-12,14-15,22H,5,13H2,1-4H3/t15-/m1/s1. The van der Waals surface area contributed by atoms with E-state index in [0.717, 1.165) is 21.6 Å². The van der Waals surface area contributed by atoms with Crippen LogP contribution in [0.15, 0.2) is 42.5 Å². The Kier molecular flexibility index (Phi) is 7.37. The number of halogens is 1. The molecule has 2 aromatic rings. The summed E-state index contributed by atoms with van der Waals surface area (Å²) in [6.45, 7) is 9.65. The molecule has 1 N–H and O–H groups in total. The quantitative estimate of drug-likeness (QED) is 0.565. The van der Waals surface area contributed by atoms with E-state index >= 15 is 0 Å². The Hall–Kier alpha value is -1.27. The van der Waals surface area contributed by atoms with Crippen molar-refractivity contribution in [3.8, 4) is 11.5 Å². The summed E-state index contributed by atoms with van der Waals surface area (Å²) < 4.78 is 12.8. The molecule has 2 rings (SSSR count). The largest absolute Gasteiger partial charge is 0.490 e. The number of nitrogens with one attached hydrogen (secondary N) is 1. The minimum Gasteiger partial charge on any atom is -0.490 e. The number of hydrogen-bond acceptors (Lipinski definition) is 3. The van der Waals surface area contributed by atoms with Crippen LogP contribution in [0.25, 0.3) is 0 Å². The van der Waals surface area contributed by atoms with Crippen LogP contribution in [-0.2, 0) is 6.54 Å². The molecule has 1 atom stereocenters. The molecule has 0 heterocycles. The van der Waals surface area contributed by atoms with Gasteiger partial charge in [-0.25, -0.2) is 0 Å². The van der Waals surface area contributed by atoms with Crippen molar-refractivity contribution in [2.45, 2.75) is 46.4 Å². The van der Waals surface area contributed by atoms with E-state index in [1.54, 1.807) is 0 Å². The molecule has 0 radical (unpaired) electrons. The van der Waals surface area contributed by atoms with Gasteiger partial charge in [0.1, 0.15) is 0 Å². The van der Waals surface area contributed by atoms with Crippen molar-refractivity contribution in [3.63, 3.8) is 0 Å². The lowest BCUT2D eigenvalue weighted by atomic mass is 10.1. The molecule has 0 aliphatic carbocycles. The second-order valence-electron chi connectivity index (χ2n) is 6.02. The molecule has 0 spiro atoms. The van der Waals surface area contributed by atoms with E-state index in [9.17, 15) is 0 Å². The third-order valence-corrected chi connectivity index (χ3v) is 4.44. The number of hydrogen-bond donors (Lipinski definition) is 1. The average molecular weight is 439 g/mol. The number of benzene rings is 2. The summed E-state index contributed by atoms with van der Waals surface area (Å²) in [6.07, 6.45) is 0.125. The van der Waals surface area contributed by atoms with E-state index in [2.05, 4.69) is 71.2 Å². The van der Waals surface area contributed by atoms with Gasteiger partial charge in [0.05, 0.1) is 16.3 Å². The van der Waals surface area contributed by atoms with Crippen molar-refractivity contribution in [1.82, 2.24) is 5.32 Å².